The molecular formula is C16H16ClN5O. The summed E-state index contributed by atoms with van der Waals surface area (Å²) in [7, 11) is 0. The van der Waals surface area contributed by atoms with Crippen molar-refractivity contribution in [3.05, 3.63) is 52.9 Å². The molecule has 0 radical (unpaired) electrons. The molecule has 1 aliphatic rings. The van der Waals surface area contributed by atoms with Crippen LogP contribution in [-0.4, -0.2) is 31.5 Å². The lowest BCUT2D eigenvalue weighted by Crippen LogP contribution is -2.41. The van der Waals surface area contributed by atoms with Crippen LogP contribution in [0.15, 0.2) is 36.5 Å². The Morgan fingerprint density at radius 1 is 1.30 bits per heavy atom. The SMILES string of the molecule is CC1c2ccc(N)n2CCN1C(=O)c1cc2ccc(Cl)cn2n1. The summed E-state index contributed by atoms with van der Waals surface area (Å²) in [5.74, 6) is 0.657. The van der Waals surface area contributed by atoms with E-state index in [1.165, 1.54) is 0 Å². The molecule has 23 heavy (non-hydrogen) atoms. The first kappa shape index (κ1) is 14.1. The van der Waals surface area contributed by atoms with E-state index in [2.05, 4.69) is 9.67 Å². The lowest BCUT2D eigenvalue weighted by atomic mass is 10.1. The number of aromatic nitrogens is 3. The van der Waals surface area contributed by atoms with Gasteiger partial charge in [0, 0.05) is 25.0 Å². The smallest absolute Gasteiger partial charge is 0.275 e. The number of rotatable bonds is 1. The van der Waals surface area contributed by atoms with E-state index < -0.39 is 0 Å². The quantitative estimate of drug-likeness (QED) is 0.746. The van der Waals surface area contributed by atoms with Gasteiger partial charge in [0.25, 0.3) is 5.91 Å². The maximum Gasteiger partial charge on any atom is 0.275 e. The predicted octanol–water partition coefficient (Wildman–Crippen LogP) is 2.59. The largest absolute Gasteiger partial charge is 0.385 e. The zero-order valence-electron chi connectivity index (χ0n) is 12.6. The van der Waals surface area contributed by atoms with Crippen molar-refractivity contribution in [2.45, 2.75) is 19.5 Å². The highest BCUT2D eigenvalue weighted by Gasteiger charge is 2.30. The number of amides is 1. The maximum atomic E-state index is 12.9. The van der Waals surface area contributed by atoms with Crippen molar-refractivity contribution in [3.63, 3.8) is 0 Å². The van der Waals surface area contributed by atoms with Crippen LogP contribution in [0.4, 0.5) is 5.82 Å². The van der Waals surface area contributed by atoms with E-state index in [4.69, 9.17) is 17.3 Å². The van der Waals surface area contributed by atoms with E-state index >= 15 is 0 Å². The summed E-state index contributed by atoms with van der Waals surface area (Å²) in [4.78, 5) is 14.7. The Bertz CT molecular complexity index is 912. The Kier molecular flexibility index (Phi) is 3.09. The first-order valence-electron chi connectivity index (χ1n) is 7.45. The van der Waals surface area contributed by atoms with Crippen LogP contribution in [0, 0.1) is 0 Å². The van der Waals surface area contributed by atoms with Gasteiger partial charge in [-0.1, -0.05) is 11.6 Å². The summed E-state index contributed by atoms with van der Waals surface area (Å²) in [5, 5.41) is 4.94. The number of nitrogens with zero attached hydrogens (tertiary/aromatic N) is 4. The minimum atomic E-state index is -0.0802. The zero-order valence-corrected chi connectivity index (χ0v) is 13.4. The second-order valence-electron chi connectivity index (χ2n) is 5.76. The molecule has 1 atom stereocenters. The summed E-state index contributed by atoms with van der Waals surface area (Å²) in [5.41, 5.74) is 8.27. The fraction of sp³-hybridized carbons (Fsp3) is 0.250. The van der Waals surface area contributed by atoms with Crippen molar-refractivity contribution in [1.82, 2.24) is 19.1 Å². The van der Waals surface area contributed by atoms with Crippen molar-refractivity contribution in [3.8, 4) is 0 Å². The van der Waals surface area contributed by atoms with E-state index in [0.29, 0.717) is 23.8 Å². The third-order valence-electron chi connectivity index (χ3n) is 4.41. The summed E-state index contributed by atoms with van der Waals surface area (Å²) in [6.45, 7) is 3.32. The second-order valence-corrected chi connectivity index (χ2v) is 6.19. The Morgan fingerprint density at radius 2 is 2.13 bits per heavy atom. The first-order valence-corrected chi connectivity index (χ1v) is 7.83. The minimum absolute atomic E-state index is 0.0399. The van der Waals surface area contributed by atoms with Gasteiger partial charge in [-0.15, -0.1) is 0 Å². The molecule has 0 saturated carbocycles. The molecule has 0 spiro atoms. The number of carbonyl (C=O) groups excluding carboxylic acids is 1. The maximum absolute atomic E-state index is 12.9. The van der Waals surface area contributed by atoms with Crippen molar-refractivity contribution < 1.29 is 4.79 Å². The van der Waals surface area contributed by atoms with Gasteiger partial charge in [-0.05, 0) is 37.3 Å². The van der Waals surface area contributed by atoms with E-state index in [0.717, 1.165) is 17.0 Å². The lowest BCUT2D eigenvalue weighted by Gasteiger charge is -2.34. The van der Waals surface area contributed by atoms with Crippen LogP contribution in [0.3, 0.4) is 0 Å². The van der Waals surface area contributed by atoms with Crippen LogP contribution in [0.2, 0.25) is 5.02 Å². The van der Waals surface area contributed by atoms with Gasteiger partial charge in [-0.25, -0.2) is 4.52 Å². The molecule has 0 bridgehead atoms. The highest BCUT2D eigenvalue weighted by Crippen LogP contribution is 2.29. The highest BCUT2D eigenvalue weighted by molar-refractivity contribution is 6.30. The number of nitrogens with two attached hydrogens (primary N) is 1. The molecule has 0 aliphatic carbocycles. The highest BCUT2D eigenvalue weighted by atomic mass is 35.5. The normalized spacial score (nSPS) is 17.5. The number of carbonyl (C=O) groups is 1. The average molecular weight is 330 g/mol. The zero-order chi connectivity index (χ0) is 16.1. The number of nitrogen functional groups attached to an aromatic ring is 1. The molecule has 4 rings (SSSR count). The molecule has 0 fully saturated rings. The van der Waals surface area contributed by atoms with Crippen LogP contribution in [-0.2, 0) is 6.54 Å². The third kappa shape index (κ3) is 2.17. The van der Waals surface area contributed by atoms with Crippen LogP contribution in [0.1, 0.15) is 29.1 Å². The van der Waals surface area contributed by atoms with Gasteiger partial charge in [-0.2, -0.15) is 5.10 Å². The number of hydrogen-bond acceptors (Lipinski definition) is 3. The van der Waals surface area contributed by atoms with E-state index in [-0.39, 0.29) is 11.9 Å². The third-order valence-corrected chi connectivity index (χ3v) is 4.64. The van der Waals surface area contributed by atoms with Crippen LogP contribution < -0.4 is 5.73 Å². The van der Waals surface area contributed by atoms with E-state index in [1.54, 1.807) is 22.8 Å². The van der Waals surface area contributed by atoms with E-state index in [1.807, 2.05) is 30.0 Å². The van der Waals surface area contributed by atoms with Crippen molar-refractivity contribution in [1.29, 1.82) is 0 Å². The van der Waals surface area contributed by atoms with Gasteiger partial charge >= 0.3 is 0 Å². The summed E-state index contributed by atoms with van der Waals surface area (Å²) in [6.07, 6.45) is 1.69. The number of pyridine rings is 1. The molecule has 4 heterocycles. The molecular weight excluding hydrogens is 314 g/mol. The molecule has 118 valence electrons. The monoisotopic (exact) mass is 329 g/mol. The standard InChI is InChI=1S/C16H16ClN5O/c1-10-14-4-5-15(18)21(14)7-6-20(10)16(23)13-8-12-3-2-11(17)9-22(12)19-13/h2-5,8-10H,6-7,18H2,1H3. The average Bonchev–Trinajstić information content (AvgIpc) is 3.11. The molecule has 1 unspecified atom stereocenters. The first-order chi connectivity index (χ1) is 11.0. The van der Waals surface area contributed by atoms with Crippen LogP contribution >= 0.6 is 11.6 Å². The van der Waals surface area contributed by atoms with Crippen LogP contribution in [0.5, 0.6) is 0 Å². The topological polar surface area (TPSA) is 68.6 Å². The Hall–Kier alpha value is -2.47. The van der Waals surface area contributed by atoms with Crippen LogP contribution in [0.25, 0.3) is 5.52 Å². The fourth-order valence-electron chi connectivity index (χ4n) is 3.17. The molecule has 1 aliphatic heterocycles. The molecule has 6 nitrogen and oxygen atoms in total. The number of halogens is 1. The Labute approximate surface area is 138 Å². The van der Waals surface area contributed by atoms with Gasteiger partial charge in [0.1, 0.15) is 5.82 Å². The molecule has 0 aromatic carbocycles. The summed E-state index contributed by atoms with van der Waals surface area (Å²) in [6, 6.07) is 9.23. The van der Waals surface area contributed by atoms with Gasteiger partial charge in [0.15, 0.2) is 5.69 Å². The summed E-state index contributed by atoms with van der Waals surface area (Å²) < 4.78 is 3.68. The molecule has 0 saturated heterocycles. The molecule has 1 amide bonds. The lowest BCUT2D eigenvalue weighted by molar-refractivity contribution is 0.0638. The molecule has 3 aromatic heterocycles. The van der Waals surface area contributed by atoms with Crippen molar-refractivity contribution in [2.75, 3.05) is 12.3 Å². The number of fused-ring (bicyclic) bond motifs is 2. The second kappa shape index (κ2) is 5.03. The van der Waals surface area contributed by atoms with Gasteiger partial charge in [-0.3, -0.25) is 4.79 Å². The minimum Gasteiger partial charge on any atom is -0.385 e. The van der Waals surface area contributed by atoms with Gasteiger partial charge in [0.2, 0.25) is 0 Å². The predicted molar refractivity (Wildman–Crippen MR) is 88.5 cm³/mol. The summed E-state index contributed by atoms with van der Waals surface area (Å²) >= 11 is 5.97. The van der Waals surface area contributed by atoms with Crippen molar-refractivity contribution in [2.24, 2.45) is 0 Å². The molecule has 2 N–H and O–H groups in total. The Balaban J connectivity index is 1.68. The van der Waals surface area contributed by atoms with Gasteiger partial charge < -0.3 is 15.2 Å². The van der Waals surface area contributed by atoms with Crippen molar-refractivity contribution >= 4 is 28.8 Å². The Morgan fingerprint density at radius 3 is 2.96 bits per heavy atom. The van der Waals surface area contributed by atoms with Gasteiger partial charge in [0.05, 0.1) is 16.6 Å². The molecule has 3 aromatic rings. The molecule has 7 heteroatoms. The van der Waals surface area contributed by atoms with E-state index in [9.17, 15) is 4.79 Å². The fourth-order valence-corrected chi connectivity index (χ4v) is 3.33. The number of hydrogen-bond donors (Lipinski definition) is 1. The number of anilines is 1.